The third kappa shape index (κ3) is 5.09. The molecule has 20 heavy (non-hydrogen) atoms. The van der Waals surface area contributed by atoms with E-state index in [0.717, 1.165) is 32.6 Å². The molecule has 1 saturated carbocycles. The molecule has 0 aromatic carbocycles. The normalized spacial score (nSPS) is 20.9. The average molecular weight is 287 g/mol. The Morgan fingerprint density at radius 3 is 2.45 bits per heavy atom. The summed E-state index contributed by atoms with van der Waals surface area (Å²) in [5.41, 5.74) is -1.96. The Morgan fingerprint density at radius 2 is 1.95 bits per heavy atom. The van der Waals surface area contributed by atoms with Gasteiger partial charge in [0.1, 0.15) is 6.10 Å². The van der Waals surface area contributed by atoms with E-state index >= 15 is 0 Å². The molecule has 6 heteroatoms. The molecule has 1 rings (SSSR count). The minimum atomic E-state index is -1.96. The first-order chi connectivity index (χ1) is 9.36. The lowest BCUT2D eigenvalue weighted by atomic mass is 9.97. The van der Waals surface area contributed by atoms with Crippen molar-refractivity contribution in [1.82, 2.24) is 5.32 Å². The Kier molecular flexibility index (Phi) is 6.42. The molecule has 0 aromatic rings. The summed E-state index contributed by atoms with van der Waals surface area (Å²) < 4.78 is 5.79. The Morgan fingerprint density at radius 1 is 1.35 bits per heavy atom. The van der Waals surface area contributed by atoms with Crippen molar-refractivity contribution in [2.75, 3.05) is 6.54 Å². The number of carbonyl (C=O) groups is 2. The number of nitrogens with one attached hydrogen (secondary N) is 1. The van der Waals surface area contributed by atoms with E-state index in [4.69, 9.17) is 9.84 Å². The maximum Gasteiger partial charge on any atom is 0.337 e. The number of carboxylic acids is 1. The summed E-state index contributed by atoms with van der Waals surface area (Å²) in [6.07, 6.45) is 5.45. The minimum Gasteiger partial charge on any atom is -0.479 e. The maximum absolute atomic E-state index is 12.0. The van der Waals surface area contributed by atoms with Gasteiger partial charge in [-0.2, -0.15) is 0 Å². The van der Waals surface area contributed by atoms with E-state index in [1.165, 1.54) is 6.42 Å². The summed E-state index contributed by atoms with van der Waals surface area (Å²) in [4.78, 5) is 22.7. The molecule has 1 aliphatic rings. The Bertz CT molecular complexity index is 336. The smallest absolute Gasteiger partial charge is 0.337 e. The largest absolute Gasteiger partial charge is 0.479 e. The number of ether oxygens (including phenoxy) is 1. The predicted octanol–water partition coefficient (Wildman–Crippen LogP) is 1.07. The van der Waals surface area contributed by atoms with Gasteiger partial charge in [-0.3, -0.25) is 4.79 Å². The van der Waals surface area contributed by atoms with Crippen LogP contribution in [0.4, 0.5) is 0 Å². The van der Waals surface area contributed by atoms with Crippen molar-refractivity contribution in [2.24, 2.45) is 0 Å². The molecule has 1 aliphatic carbocycles. The van der Waals surface area contributed by atoms with E-state index in [9.17, 15) is 14.7 Å². The zero-order chi connectivity index (χ0) is 15.2. The molecule has 0 bridgehead atoms. The summed E-state index contributed by atoms with van der Waals surface area (Å²) in [5, 5.41) is 20.8. The summed E-state index contributed by atoms with van der Waals surface area (Å²) in [6, 6.07) is 0. The van der Waals surface area contributed by atoms with Crippen LogP contribution in [0, 0.1) is 0 Å². The lowest BCUT2D eigenvalue weighted by Gasteiger charge is -2.27. The number of hydrogen-bond donors (Lipinski definition) is 3. The van der Waals surface area contributed by atoms with Gasteiger partial charge in [0.15, 0.2) is 5.60 Å². The van der Waals surface area contributed by atoms with E-state index in [0.29, 0.717) is 6.42 Å². The van der Waals surface area contributed by atoms with Gasteiger partial charge in [-0.05, 0) is 26.2 Å². The van der Waals surface area contributed by atoms with E-state index in [1.807, 2.05) is 6.92 Å². The van der Waals surface area contributed by atoms with Crippen molar-refractivity contribution in [3.05, 3.63) is 0 Å². The van der Waals surface area contributed by atoms with Crippen molar-refractivity contribution in [2.45, 2.75) is 70.2 Å². The molecule has 0 saturated heterocycles. The molecule has 1 amide bonds. The molecule has 0 spiro atoms. The van der Waals surface area contributed by atoms with Gasteiger partial charge in [0.2, 0.25) is 5.91 Å². The van der Waals surface area contributed by atoms with Crippen LogP contribution < -0.4 is 5.32 Å². The summed E-state index contributed by atoms with van der Waals surface area (Å²) in [5.74, 6) is -1.72. The molecule has 0 radical (unpaired) electrons. The van der Waals surface area contributed by atoms with Crippen LogP contribution in [0.1, 0.15) is 52.4 Å². The van der Waals surface area contributed by atoms with Crippen molar-refractivity contribution < 1.29 is 24.5 Å². The van der Waals surface area contributed by atoms with Gasteiger partial charge in [0.05, 0.1) is 12.6 Å². The van der Waals surface area contributed by atoms with Crippen LogP contribution in [0.2, 0.25) is 0 Å². The van der Waals surface area contributed by atoms with Gasteiger partial charge in [-0.1, -0.05) is 26.2 Å². The number of hydrogen-bond acceptors (Lipinski definition) is 4. The van der Waals surface area contributed by atoms with Gasteiger partial charge in [0, 0.05) is 0 Å². The van der Waals surface area contributed by atoms with E-state index in [-0.39, 0.29) is 18.6 Å². The van der Waals surface area contributed by atoms with Crippen LogP contribution in [0.5, 0.6) is 0 Å². The first-order valence-corrected chi connectivity index (χ1v) is 7.25. The van der Waals surface area contributed by atoms with Crippen LogP contribution in [0.15, 0.2) is 0 Å². The van der Waals surface area contributed by atoms with Crippen molar-refractivity contribution in [3.63, 3.8) is 0 Å². The third-order valence-electron chi connectivity index (χ3n) is 3.64. The number of carbonyl (C=O) groups excluding carboxylic acids is 1. The van der Waals surface area contributed by atoms with Gasteiger partial charge >= 0.3 is 5.97 Å². The Labute approximate surface area is 119 Å². The average Bonchev–Trinajstić information content (AvgIpc) is 2.43. The Balaban J connectivity index is 2.44. The molecule has 0 aliphatic heterocycles. The molecule has 6 nitrogen and oxygen atoms in total. The molecular weight excluding hydrogens is 262 g/mol. The molecule has 2 unspecified atom stereocenters. The minimum absolute atomic E-state index is 0.111. The molecule has 1 fully saturated rings. The third-order valence-corrected chi connectivity index (χ3v) is 3.64. The van der Waals surface area contributed by atoms with Crippen LogP contribution in [-0.4, -0.2) is 46.4 Å². The molecule has 116 valence electrons. The summed E-state index contributed by atoms with van der Waals surface area (Å²) >= 11 is 0. The molecule has 3 N–H and O–H groups in total. The van der Waals surface area contributed by atoms with Gasteiger partial charge < -0.3 is 20.3 Å². The fraction of sp³-hybridized carbons (Fsp3) is 0.857. The summed E-state index contributed by atoms with van der Waals surface area (Å²) in [7, 11) is 0. The Hall–Kier alpha value is -1.14. The van der Waals surface area contributed by atoms with E-state index in [2.05, 4.69) is 5.32 Å². The van der Waals surface area contributed by atoms with Crippen LogP contribution >= 0.6 is 0 Å². The highest BCUT2D eigenvalue weighted by atomic mass is 16.5. The highest BCUT2D eigenvalue weighted by molar-refractivity contribution is 5.82. The highest BCUT2D eigenvalue weighted by Crippen LogP contribution is 2.22. The number of rotatable bonds is 7. The highest BCUT2D eigenvalue weighted by Gasteiger charge is 2.32. The quantitative estimate of drug-likeness (QED) is 0.651. The first-order valence-electron chi connectivity index (χ1n) is 7.25. The molecule has 2 atom stereocenters. The van der Waals surface area contributed by atoms with Crippen molar-refractivity contribution >= 4 is 11.9 Å². The molecular formula is C14H25NO5. The maximum atomic E-state index is 12.0. The van der Waals surface area contributed by atoms with E-state index in [1.54, 1.807) is 0 Å². The van der Waals surface area contributed by atoms with Crippen LogP contribution in [0.3, 0.4) is 0 Å². The standard InChI is InChI=1S/C14H25NO5/c1-3-11(20-10-7-5-4-6-8-10)12(16)15-9-14(2,19)13(17)18/h10-11,19H,3-9H2,1-2H3,(H,15,16)(H,17,18). The zero-order valence-electron chi connectivity index (χ0n) is 12.2. The second-order valence-corrected chi connectivity index (χ2v) is 5.59. The topological polar surface area (TPSA) is 95.9 Å². The van der Waals surface area contributed by atoms with Crippen molar-refractivity contribution in [3.8, 4) is 0 Å². The second-order valence-electron chi connectivity index (χ2n) is 5.59. The number of amides is 1. The van der Waals surface area contributed by atoms with Gasteiger partial charge in [-0.15, -0.1) is 0 Å². The predicted molar refractivity (Wildman–Crippen MR) is 73.3 cm³/mol. The lowest BCUT2D eigenvalue weighted by molar-refractivity contribution is -0.157. The zero-order valence-corrected chi connectivity index (χ0v) is 12.2. The SMILES string of the molecule is CCC(OC1CCCCC1)C(=O)NCC(C)(O)C(=O)O. The van der Waals surface area contributed by atoms with Gasteiger partial charge in [0.25, 0.3) is 0 Å². The molecule has 0 heterocycles. The monoisotopic (exact) mass is 287 g/mol. The van der Waals surface area contributed by atoms with Crippen LogP contribution in [-0.2, 0) is 14.3 Å². The van der Waals surface area contributed by atoms with Crippen LogP contribution in [0.25, 0.3) is 0 Å². The second kappa shape index (κ2) is 7.59. The summed E-state index contributed by atoms with van der Waals surface area (Å²) in [6.45, 7) is 2.67. The first kappa shape index (κ1) is 16.9. The fourth-order valence-corrected chi connectivity index (χ4v) is 2.23. The number of aliphatic hydroxyl groups is 1. The number of aliphatic carboxylic acids is 1. The van der Waals surface area contributed by atoms with E-state index < -0.39 is 17.7 Å². The van der Waals surface area contributed by atoms with Gasteiger partial charge in [-0.25, -0.2) is 4.79 Å². The lowest BCUT2D eigenvalue weighted by Crippen LogP contribution is -2.49. The number of carboxylic acid groups (broad SMARTS) is 1. The fourth-order valence-electron chi connectivity index (χ4n) is 2.23. The molecule has 0 aromatic heterocycles. The van der Waals surface area contributed by atoms with Crippen molar-refractivity contribution in [1.29, 1.82) is 0 Å².